The van der Waals surface area contributed by atoms with Crippen LogP contribution in [-0.2, 0) is 12.7 Å². The summed E-state index contributed by atoms with van der Waals surface area (Å²) in [6, 6.07) is 4.72. The van der Waals surface area contributed by atoms with Crippen molar-refractivity contribution in [1.82, 2.24) is 14.8 Å². The Kier molecular flexibility index (Phi) is 2.98. The van der Waals surface area contributed by atoms with Crippen molar-refractivity contribution in [2.75, 3.05) is 0 Å². The molecule has 96 valence electrons. The highest BCUT2D eigenvalue weighted by Gasteiger charge is 2.30. The van der Waals surface area contributed by atoms with Crippen LogP contribution in [0.15, 0.2) is 29.1 Å². The Bertz CT molecular complexity index is 612. The maximum absolute atomic E-state index is 12.6. The lowest BCUT2D eigenvalue weighted by molar-refractivity contribution is -0.137. The number of benzene rings is 1. The van der Waals surface area contributed by atoms with Gasteiger partial charge in [-0.1, -0.05) is 12.1 Å². The molecular weight excluding hydrogens is 247 g/mol. The van der Waals surface area contributed by atoms with Crippen molar-refractivity contribution in [3.05, 3.63) is 40.3 Å². The highest BCUT2D eigenvalue weighted by Crippen LogP contribution is 2.31. The van der Waals surface area contributed by atoms with E-state index in [1.54, 1.807) is 6.92 Å². The fourth-order valence-electron chi connectivity index (χ4n) is 1.67. The number of rotatable bonds is 2. The van der Waals surface area contributed by atoms with Crippen LogP contribution < -0.4 is 5.69 Å². The van der Waals surface area contributed by atoms with E-state index in [1.807, 2.05) is 0 Å². The van der Waals surface area contributed by atoms with Crippen LogP contribution in [0.5, 0.6) is 0 Å². The number of alkyl halides is 3. The van der Waals surface area contributed by atoms with Crippen molar-refractivity contribution in [1.29, 1.82) is 0 Å². The lowest BCUT2D eigenvalue weighted by Crippen LogP contribution is -2.16. The lowest BCUT2D eigenvalue weighted by atomic mass is 10.1. The molecule has 0 bridgehead atoms. The summed E-state index contributed by atoms with van der Waals surface area (Å²) in [5.74, 6) is 0.202. The van der Waals surface area contributed by atoms with Gasteiger partial charge in [-0.05, 0) is 19.1 Å². The average molecular weight is 257 g/mol. The van der Waals surface area contributed by atoms with Gasteiger partial charge in [0.2, 0.25) is 0 Å². The number of hydrogen-bond acceptors (Lipinski definition) is 2. The molecule has 2 aromatic rings. The largest absolute Gasteiger partial charge is 0.416 e. The lowest BCUT2D eigenvalue weighted by Gasteiger charge is -2.08. The van der Waals surface area contributed by atoms with Crippen LogP contribution in [0.25, 0.3) is 11.4 Å². The van der Waals surface area contributed by atoms with Gasteiger partial charge < -0.3 is 0 Å². The standard InChI is InChI=1S/C11H10F3N3O/c1-2-17-9(15-16-10(17)18)7-4-3-5-8(6-7)11(12,13)14/h3-6H,2H2,1H3,(H,16,18). The first-order valence-corrected chi connectivity index (χ1v) is 5.26. The third-order valence-corrected chi connectivity index (χ3v) is 2.52. The molecule has 0 spiro atoms. The molecule has 0 radical (unpaired) electrons. The van der Waals surface area contributed by atoms with Gasteiger partial charge in [0.05, 0.1) is 5.56 Å². The Morgan fingerprint density at radius 2 is 2.11 bits per heavy atom. The molecule has 1 heterocycles. The fourth-order valence-corrected chi connectivity index (χ4v) is 1.67. The number of hydrogen-bond donors (Lipinski definition) is 1. The third kappa shape index (κ3) is 2.15. The molecule has 0 aliphatic heterocycles. The van der Waals surface area contributed by atoms with Crippen LogP contribution in [0, 0.1) is 0 Å². The first kappa shape index (κ1) is 12.4. The second kappa shape index (κ2) is 4.32. The van der Waals surface area contributed by atoms with Crippen LogP contribution in [0.2, 0.25) is 0 Å². The summed E-state index contributed by atoms with van der Waals surface area (Å²) in [5.41, 5.74) is -0.951. The Morgan fingerprint density at radius 1 is 1.39 bits per heavy atom. The summed E-state index contributed by atoms with van der Waals surface area (Å²) < 4.78 is 39.0. The molecule has 4 nitrogen and oxygen atoms in total. The van der Waals surface area contributed by atoms with Gasteiger partial charge in [0, 0.05) is 12.1 Å². The minimum atomic E-state index is -4.41. The monoisotopic (exact) mass is 257 g/mol. The van der Waals surface area contributed by atoms with Crippen LogP contribution in [-0.4, -0.2) is 14.8 Å². The highest BCUT2D eigenvalue weighted by atomic mass is 19.4. The van der Waals surface area contributed by atoms with Crippen molar-refractivity contribution in [2.24, 2.45) is 0 Å². The van der Waals surface area contributed by atoms with Gasteiger partial charge >= 0.3 is 11.9 Å². The minimum Gasteiger partial charge on any atom is -0.275 e. The summed E-state index contributed by atoms with van der Waals surface area (Å²) in [6.07, 6.45) is -4.41. The summed E-state index contributed by atoms with van der Waals surface area (Å²) in [7, 11) is 0. The quantitative estimate of drug-likeness (QED) is 0.897. The summed E-state index contributed by atoms with van der Waals surface area (Å²) in [6.45, 7) is 2.05. The Labute approximate surface area is 100 Å². The van der Waals surface area contributed by atoms with E-state index in [0.29, 0.717) is 6.54 Å². The van der Waals surface area contributed by atoms with E-state index in [-0.39, 0.29) is 11.4 Å². The van der Waals surface area contributed by atoms with Crippen molar-refractivity contribution >= 4 is 0 Å². The molecule has 1 N–H and O–H groups in total. The van der Waals surface area contributed by atoms with Crippen molar-refractivity contribution in [3.63, 3.8) is 0 Å². The van der Waals surface area contributed by atoms with E-state index in [4.69, 9.17) is 0 Å². The van der Waals surface area contributed by atoms with Crippen LogP contribution in [0.1, 0.15) is 12.5 Å². The van der Waals surface area contributed by atoms with E-state index in [2.05, 4.69) is 10.2 Å². The first-order valence-electron chi connectivity index (χ1n) is 5.26. The molecule has 0 atom stereocenters. The van der Waals surface area contributed by atoms with Crippen LogP contribution >= 0.6 is 0 Å². The summed E-state index contributed by atoms with van der Waals surface area (Å²) in [5, 5.41) is 5.96. The summed E-state index contributed by atoms with van der Waals surface area (Å²) >= 11 is 0. The number of halogens is 3. The van der Waals surface area contributed by atoms with Gasteiger partial charge in [0.15, 0.2) is 5.82 Å². The molecule has 0 aliphatic rings. The van der Waals surface area contributed by atoms with E-state index >= 15 is 0 Å². The fraction of sp³-hybridized carbons (Fsp3) is 0.273. The molecule has 0 saturated heterocycles. The Balaban J connectivity index is 2.55. The maximum Gasteiger partial charge on any atom is 0.416 e. The number of nitrogens with one attached hydrogen (secondary N) is 1. The molecule has 1 aromatic heterocycles. The molecule has 0 aliphatic carbocycles. The van der Waals surface area contributed by atoms with Gasteiger partial charge in [-0.15, -0.1) is 0 Å². The van der Waals surface area contributed by atoms with Gasteiger partial charge in [0.25, 0.3) is 0 Å². The molecular formula is C11H10F3N3O. The van der Waals surface area contributed by atoms with E-state index in [9.17, 15) is 18.0 Å². The molecule has 0 amide bonds. The number of aromatic amines is 1. The average Bonchev–Trinajstić information content (AvgIpc) is 2.69. The molecule has 7 heteroatoms. The Morgan fingerprint density at radius 3 is 2.72 bits per heavy atom. The number of H-pyrrole nitrogens is 1. The highest BCUT2D eigenvalue weighted by molar-refractivity contribution is 5.56. The van der Waals surface area contributed by atoms with Gasteiger partial charge in [-0.2, -0.15) is 18.3 Å². The SMILES string of the molecule is CCn1c(-c2cccc(C(F)(F)F)c2)n[nH]c1=O. The zero-order valence-corrected chi connectivity index (χ0v) is 9.45. The molecule has 0 unspecified atom stereocenters. The summed E-state index contributed by atoms with van der Waals surface area (Å²) in [4.78, 5) is 11.3. The molecule has 0 fully saturated rings. The maximum atomic E-state index is 12.6. The molecule has 1 aromatic carbocycles. The zero-order valence-electron chi connectivity index (χ0n) is 9.45. The zero-order chi connectivity index (χ0) is 13.3. The second-order valence-electron chi connectivity index (χ2n) is 3.68. The van der Waals surface area contributed by atoms with E-state index in [0.717, 1.165) is 12.1 Å². The predicted molar refractivity (Wildman–Crippen MR) is 59.0 cm³/mol. The van der Waals surface area contributed by atoms with Crippen molar-refractivity contribution in [2.45, 2.75) is 19.6 Å². The molecule has 18 heavy (non-hydrogen) atoms. The second-order valence-corrected chi connectivity index (χ2v) is 3.68. The van der Waals surface area contributed by atoms with Gasteiger partial charge in [-0.3, -0.25) is 4.57 Å². The molecule has 0 saturated carbocycles. The van der Waals surface area contributed by atoms with E-state index < -0.39 is 17.4 Å². The van der Waals surface area contributed by atoms with E-state index in [1.165, 1.54) is 16.7 Å². The van der Waals surface area contributed by atoms with Crippen LogP contribution in [0.3, 0.4) is 0 Å². The number of aromatic nitrogens is 3. The van der Waals surface area contributed by atoms with Crippen molar-refractivity contribution in [3.8, 4) is 11.4 Å². The first-order chi connectivity index (χ1) is 8.43. The molecule has 2 rings (SSSR count). The smallest absolute Gasteiger partial charge is 0.275 e. The predicted octanol–water partition coefficient (Wildman–Crippen LogP) is 2.28. The van der Waals surface area contributed by atoms with Crippen LogP contribution in [0.4, 0.5) is 13.2 Å². The van der Waals surface area contributed by atoms with Gasteiger partial charge in [0.1, 0.15) is 0 Å². The van der Waals surface area contributed by atoms with Crippen molar-refractivity contribution < 1.29 is 13.2 Å². The Hall–Kier alpha value is -2.05. The topological polar surface area (TPSA) is 50.7 Å². The third-order valence-electron chi connectivity index (χ3n) is 2.52. The minimum absolute atomic E-state index is 0.202. The number of nitrogens with zero attached hydrogens (tertiary/aromatic N) is 2. The normalized spacial score (nSPS) is 11.8. The van der Waals surface area contributed by atoms with Gasteiger partial charge in [-0.25, -0.2) is 9.89 Å².